The zero-order valence-corrected chi connectivity index (χ0v) is 13.2. The Kier molecular flexibility index (Phi) is 7.25. The molecule has 0 unspecified atom stereocenters. The third-order valence-corrected chi connectivity index (χ3v) is 3.91. The van der Waals surface area contributed by atoms with E-state index in [-0.39, 0.29) is 11.9 Å². The number of hydrogen-bond donors (Lipinski definition) is 2. The van der Waals surface area contributed by atoms with Gasteiger partial charge in [0.15, 0.2) is 0 Å². The van der Waals surface area contributed by atoms with Crippen molar-refractivity contribution >= 4 is 29.3 Å². The number of nitrogens with two attached hydrogens (primary N) is 1. The van der Waals surface area contributed by atoms with Gasteiger partial charge in [0.1, 0.15) is 6.04 Å². The van der Waals surface area contributed by atoms with Gasteiger partial charge in [0.05, 0.1) is 5.75 Å². The molecule has 0 aromatic heterocycles. The fourth-order valence-electron chi connectivity index (χ4n) is 1.88. The molecule has 1 aromatic carbocycles. The van der Waals surface area contributed by atoms with E-state index in [4.69, 9.17) is 10.8 Å². The molecule has 6 heteroatoms. The lowest BCUT2D eigenvalue weighted by Crippen LogP contribution is -2.38. The number of thioether (sulfide) groups is 1. The second-order valence-electron chi connectivity index (χ2n) is 4.98. The fraction of sp³-hybridized carbons (Fsp3) is 0.467. The first-order chi connectivity index (χ1) is 9.93. The minimum atomic E-state index is -1.00. The number of hydrogen-bond acceptors (Lipinski definition) is 4. The van der Waals surface area contributed by atoms with E-state index in [0.29, 0.717) is 17.9 Å². The van der Waals surface area contributed by atoms with Crippen molar-refractivity contribution in [3.8, 4) is 0 Å². The molecule has 0 bridgehead atoms. The van der Waals surface area contributed by atoms with Gasteiger partial charge in [-0.2, -0.15) is 11.8 Å². The molecule has 1 atom stereocenters. The zero-order chi connectivity index (χ0) is 15.8. The van der Waals surface area contributed by atoms with Crippen LogP contribution >= 0.6 is 11.8 Å². The molecule has 0 aliphatic carbocycles. The lowest BCUT2D eigenvalue weighted by atomic mass is 10.2. The Labute approximate surface area is 129 Å². The largest absolute Gasteiger partial charge is 0.480 e. The van der Waals surface area contributed by atoms with Gasteiger partial charge < -0.3 is 15.7 Å². The van der Waals surface area contributed by atoms with Gasteiger partial charge in [-0.1, -0.05) is 18.2 Å². The number of carboxylic acids is 1. The van der Waals surface area contributed by atoms with Crippen LogP contribution in [0.2, 0.25) is 0 Å². The second kappa shape index (κ2) is 8.69. The number of rotatable bonds is 8. The second-order valence-corrected chi connectivity index (χ2v) is 6.08. The first kappa shape index (κ1) is 17.5. The molecule has 0 saturated heterocycles. The standard InChI is InChI=1S/C15H22N2O3S/c1-11(2)17(12-6-4-3-5-7-12)14(18)10-21-9-8-13(16)15(19)20/h3-7,11,13H,8-10,16H2,1-2H3,(H,19,20)/t13-/m0/s1. The van der Waals surface area contributed by atoms with Crippen molar-refractivity contribution in [2.24, 2.45) is 5.73 Å². The lowest BCUT2D eigenvalue weighted by Gasteiger charge is -2.26. The molecule has 0 saturated carbocycles. The number of anilines is 1. The summed E-state index contributed by atoms with van der Waals surface area (Å²) in [7, 11) is 0. The highest BCUT2D eigenvalue weighted by Gasteiger charge is 2.19. The van der Waals surface area contributed by atoms with Crippen molar-refractivity contribution in [1.29, 1.82) is 0 Å². The molecule has 1 aromatic rings. The maximum atomic E-state index is 12.3. The lowest BCUT2D eigenvalue weighted by molar-refractivity contribution is -0.138. The molecule has 0 aliphatic rings. The number of aliphatic carboxylic acids is 1. The van der Waals surface area contributed by atoms with E-state index in [0.717, 1.165) is 5.69 Å². The molecule has 3 N–H and O–H groups in total. The summed E-state index contributed by atoms with van der Waals surface area (Å²) in [5.74, 6) is -0.112. The summed E-state index contributed by atoms with van der Waals surface area (Å²) in [6, 6.07) is 8.73. The van der Waals surface area contributed by atoms with Crippen molar-refractivity contribution in [2.75, 3.05) is 16.4 Å². The smallest absolute Gasteiger partial charge is 0.320 e. The van der Waals surface area contributed by atoms with Gasteiger partial charge in [0, 0.05) is 11.7 Å². The highest BCUT2D eigenvalue weighted by molar-refractivity contribution is 7.99. The number of carboxylic acid groups (broad SMARTS) is 1. The maximum absolute atomic E-state index is 12.3. The van der Waals surface area contributed by atoms with Crippen LogP contribution in [0.25, 0.3) is 0 Å². The molecule has 0 aliphatic heterocycles. The van der Waals surface area contributed by atoms with E-state index in [1.165, 1.54) is 11.8 Å². The number of amides is 1. The van der Waals surface area contributed by atoms with Crippen LogP contribution in [-0.4, -0.2) is 40.6 Å². The van der Waals surface area contributed by atoms with Crippen LogP contribution in [0.1, 0.15) is 20.3 Å². The van der Waals surface area contributed by atoms with Crippen LogP contribution in [0.3, 0.4) is 0 Å². The first-order valence-corrected chi connectivity index (χ1v) is 8.02. The molecule has 21 heavy (non-hydrogen) atoms. The molecule has 0 radical (unpaired) electrons. The van der Waals surface area contributed by atoms with Gasteiger partial charge in [0.25, 0.3) is 0 Å². The predicted molar refractivity (Wildman–Crippen MR) is 86.6 cm³/mol. The number of carbonyl (C=O) groups excluding carboxylic acids is 1. The molecular formula is C15H22N2O3S. The molecule has 0 heterocycles. The monoisotopic (exact) mass is 310 g/mol. The number of carbonyl (C=O) groups is 2. The van der Waals surface area contributed by atoms with E-state index < -0.39 is 12.0 Å². The first-order valence-electron chi connectivity index (χ1n) is 6.86. The number of para-hydroxylation sites is 1. The Balaban J connectivity index is 2.50. The van der Waals surface area contributed by atoms with E-state index in [2.05, 4.69) is 0 Å². The number of nitrogens with zero attached hydrogens (tertiary/aromatic N) is 1. The topological polar surface area (TPSA) is 83.6 Å². The molecular weight excluding hydrogens is 288 g/mol. The Hall–Kier alpha value is -1.53. The van der Waals surface area contributed by atoms with Crippen LogP contribution in [0, 0.1) is 0 Å². The summed E-state index contributed by atoms with van der Waals surface area (Å²) in [6.45, 7) is 3.94. The molecule has 0 spiro atoms. The van der Waals surface area contributed by atoms with Crippen molar-refractivity contribution in [1.82, 2.24) is 0 Å². The van der Waals surface area contributed by atoms with Gasteiger partial charge in [-0.25, -0.2) is 0 Å². The normalized spacial score (nSPS) is 12.2. The van der Waals surface area contributed by atoms with Crippen molar-refractivity contribution in [3.05, 3.63) is 30.3 Å². The minimum absolute atomic E-state index is 0.0186. The summed E-state index contributed by atoms with van der Waals surface area (Å²) in [5.41, 5.74) is 6.30. The Morgan fingerprint density at radius 2 is 1.90 bits per heavy atom. The van der Waals surface area contributed by atoms with E-state index >= 15 is 0 Å². The number of benzene rings is 1. The van der Waals surface area contributed by atoms with Crippen LogP contribution in [0.4, 0.5) is 5.69 Å². The molecule has 1 rings (SSSR count). The van der Waals surface area contributed by atoms with Crippen LogP contribution < -0.4 is 10.6 Å². The summed E-state index contributed by atoms with van der Waals surface area (Å²) in [4.78, 5) is 24.7. The maximum Gasteiger partial charge on any atom is 0.320 e. The van der Waals surface area contributed by atoms with Gasteiger partial charge >= 0.3 is 5.97 Å². The van der Waals surface area contributed by atoms with Gasteiger partial charge in [0.2, 0.25) is 5.91 Å². The third kappa shape index (κ3) is 5.77. The van der Waals surface area contributed by atoms with Crippen molar-refractivity contribution in [3.63, 3.8) is 0 Å². The average Bonchev–Trinajstić information content (AvgIpc) is 2.44. The summed E-state index contributed by atoms with van der Waals surface area (Å²) >= 11 is 1.41. The predicted octanol–water partition coefficient (Wildman–Crippen LogP) is 1.96. The van der Waals surface area contributed by atoms with Crippen LogP contribution in [0.15, 0.2) is 30.3 Å². The molecule has 116 valence electrons. The summed E-state index contributed by atoms with van der Waals surface area (Å²) in [6.07, 6.45) is 0.361. The fourth-order valence-corrected chi connectivity index (χ4v) is 2.76. The Morgan fingerprint density at radius 1 is 1.29 bits per heavy atom. The van der Waals surface area contributed by atoms with Gasteiger partial charge in [-0.3, -0.25) is 9.59 Å². The van der Waals surface area contributed by atoms with Gasteiger partial charge in [-0.05, 0) is 38.2 Å². The highest BCUT2D eigenvalue weighted by Crippen LogP contribution is 2.18. The van der Waals surface area contributed by atoms with Crippen molar-refractivity contribution in [2.45, 2.75) is 32.4 Å². The summed E-state index contributed by atoms with van der Waals surface area (Å²) in [5, 5.41) is 8.69. The van der Waals surface area contributed by atoms with Gasteiger partial charge in [-0.15, -0.1) is 0 Å². The molecule has 0 fully saturated rings. The SMILES string of the molecule is CC(C)N(C(=O)CSCC[C@H](N)C(=O)O)c1ccccc1. The molecule has 5 nitrogen and oxygen atoms in total. The quantitative estimate of drug-likeness (QED) is 0.717. The minimum Gasteiger partial charge on any atom is -0.480 e. The Morgan fingerprint density at radius 3 is 2.43 bits per heavy atom. The molecule has 1 amide bonds. The van der Waals surface area contributed by atoms with Crippen LogP contribution in [0.5, 0.6) is 0 Å². The Bertz CT molecular complexity index is 465. The highest BCUT2D eigenvalue weighted by atomic mass is 32.2. The summed E-state index contributed by atoms with van der Waals surface area (Å²) < 4.78 is 0. The average molecular weight is 310 g/mol. The third-order valence-electron chi connectivity index (χ3n) is 2.94. The zero-order valence-electron chi connectivity index (χ0n) is 12.4. The van der Waals surface area contributed by atoms with Crippen molar-refractivity contribution < 1.29 is 14.7 Å². The van der Waals surface area contributed by atoms with E-state index in [1.54, 1.807) is 4.90 Å². The van der Waals surface area contributed by atoms with E-state index in [9.17, 15) is 9.59 Å². The van der Waals surface area contributed by atoms with E-state index in [1.807, 2.05) is 44.2 Å². The van der Waals surface area contributed by atoms with Crippen LogP contribution in [-0.2, 0) is 9.59 Å².